The number of anilines is 2. The summed E-state index contributed by atoms with van der Waals surface area (Å²) in [4.78, 5) is 14.7. The third-order valence-electron chi connectivity index (χ3n) is 3.39. The maximum Gasteiger partial charge on any atom is 0.311 e. The first-order valence-electron chi connectivity index (χ1n) is 7.47. The number of thiazole rings is 1. The van der Waals surface area contributed by atoms with Gasteiger partial charge in [0.05, 0.1) is 17.7 Å². The highest BCUT2D eigenvalue weighted by molar-refractivity contribution is 7.13. The monoisotopic (exact) mass is 375 g/mol. The summed E-state index contributed by atoms with van der Waals surface area (Å²) in [6.45, 7) is -0.00884. The Hall–Kier alpha value is -3.20. The molecular formula is C17H14FN3O4S. The van der Waals surface area contributed by atoms with Crippen molar-refractivity contribution in [2.24, 2.45) is 0 Å². The molecule has 1 aromatic heterocycles. The molecular weight excluding hydrogens is 361 g/mol. The first-order chi connectivity index (χ1) is 12.5. The summed E-state index contributed by atoms with van der Waals surface area (Å²) in [5.74, 6) is 0.0128. The Bertz CT molecular complexity index is 915. The van der Waals surface area contributed by atoms with Crippen molar-refractivity contribution in [3.63, 3.8) is 0 Å². The van der Waals surface area contributed by atoms with Crippen molar-refractivity contribution in [3.05, 3.63) is 69.5 Å². The maximum atomic E-state index is 13.3. The molecule has 0 fully saturated rings. The molecule has 1 heterocycles. The van der Waals surface area contributed by atoms with Crippen LogP contribution in [-0.4, -0.2) is 17.0 Å². The lowest BCUT2D eigenvalue weighted by Crippen LogP contribution is -2.00. The number of hydrogen-bond donors (Lipinski definition) is 1. The minimum Gasteiger partial charge on any atom is -0.497 e. The molecule has 134 valence electrons. The van der Waals surface area contributed by atoms with Crippen LogP contribution in [0, 0.1) is 15.9 Å². The zero-order valence-corrected chi connectivity index (χ0v) is 14.5. The van der Waals surface area contributed by atoms with Gasteiger partial charge in [0.2, 0.25) is 0 Å². The van der Waals surface area contributed by atoms with Crippen LogP contribution >= 0.6 is 11.3 Å². The highest BCUT2D eigenvalue weighted by Crippen LogP contribution is 2.29. The van der Waals surface area contributed by atoms with E-state index in [0.717, 1.165) is 29.6 Å². The average molecular weight is 375 g/mol. The lowest BCUT2D eigenvalue weighted by atomic mass is 10.3. The average Bonchev–Trinajstić information content (AvgIpc) is 3.08. The van der Waals surface area contributed by atoms with Crippen molar-refractivity contribution in [2.75, 3.05) is 12.4 Å². The number of benzene rings is 2. The Kier molecular flexibility index (Phi) is 5.28. The summed E-state index contributed by atoms with van der Waals surface area (Å²) in [6, 6.07) is 10.4. The van der Waals surface area contributed by atoms with Crippen LogP contribution in [-0.2, 0) is 6.61 Å². The van der Waals surface area contributed by atoms with E-state index < -0.39 is 10.7 Å². The molecule has 26 heavy (non-hydrogen) atoms. The predicted molar refractivity (Wildman–Crippen MR) is 95.8 cm³/mol. The van der Waals surface area contributed by atoms with Gasteiger partial charge in [-0.1, -0.05) is 0 Å². The fraction of sp³-hybridized carbons (Fsp3) is 0.118. The SMILES string of the molecule is COc1ccc(Nc2nc(COc3cc(F)ccc3[N+](=O)[O-])cs2)cc1. The maximum absolute atomic E-state index is 13.3. The number of nitrogens with one attached hydrogen (secondary N) is 1. The third-order valence-corrected chi connectivity index (χ3v) is 4.19. The number of nitro groups is 1. The van der Waals surface area contributed by atoms with Crippen LogP contribution in [0.25, 0.3) is 0 Å². The second-order valence-electron chi connectivity index (χ2n) is 5.16. The van der Waals surface area contributed by atoms with Crippen molar-refractivity contribution in [2.45, 2.75) is 6.61 Å². The van der Waals surface area contributed by atoms with Gasteiger partial charge in [0.15, 0.2) is 10.9 Å². The molecule has 0 saturated carbocycles. The Morgan fingerprint density at radius 3 is 2.73 bits per heavy atom. The van der Waals surface area contributed by atoms with Gasteiger partial charge in [-0.3, -0.25) is 10.1 Å². The molecule has 9 heteroatoms. The summed E-state index contributed by atoms with van der Waals surface area (Å²) in [7, 11) is 1.60. The first-order valence-corrected chi connectivity index (χ1v) is 8.35. The van der Waals surface area contributed by atoms with E-state index in [2.05, 4.69) is 10.3 Å². The molecule has 0 atom stereocenters. The largest absolute Gasteiger partial charge is 0.497 e. The van der Waals surface area contributed by atoms with Gasteiger partial charge < -0.3 is 14.8 Å². The van der Waals surface area contributed by atoms with Gasteiger partial charge in [-0.2, -0.15) is 0 Å². The minimum absolute atomic E-state index is 0.00884. The van der Waals surface area contributed by atoms with Gasteiger partial charge in [-0.15, -0.1) is 11.3 Å². The standard InChI is InChI=1S/C17H14FN3O4S/c1-24-14-5-3-12(4-6-14)19-17-20-13(10-26-17)9-25-16-8-11(18)2-7-15(16)21(22)23/h2-8,10H,9H2,1H3,(H,19,20). The van der Waals surface area contributed by atoms with Crippen LogP contribution in [0.5, 0.6) is 11.5 Å². The van der Waals surface area contributed by atoms with Gasteiger partial charge in [0.25, 0.3) is 0 Å². The first kappa shape index (κ1) is 17.6. The Morgan fingerprint density at radius 2 is 2.04 bits per heavy atom. The zero-order valence-electron chi connectivity index (χ0n) is 13.6. The Balaban J connectivity index is 1.65. The smallest absolute Gasteiger partial charge is 0.311 e. The highest BCUT2D eigenvalue weighted by atomic mass is 32.1. The number of nitro benzene ring substituents is 1. The highest BCUT2D eigenvalue weighted by Gasteiger charge is 2.16. The number of hydrogen-bond acceptors (Lipinski definition) is 7. The van der Waals surface area contributed by atoms with Crippen LogP contribution in [0.2, 0.25) is 0 Å². The lowest BCUT2D eigenvalue weighted by molar-refractivity contribution is -0.386. The van der Waals surface area contributed by atoms with Crippen molar-refractivity contribution in [3.8, 4) is 11.5 Å². The third kappa shape index (κ3) is 4.25. The van der Waals surface area contributed by atoms with E-state index in [0.29, 0.717) is 10.8 Å². The van der Waals surface area contributed by atoms with Crippen molar-refractivity contribution < 1.29 is 18.8 Å². The van der Waals surface area contributed by atoms with E-state index in [4.69, 9.17) is 9.47 Å². The number of rotatable bonds is 7. The number of ether oxygens (including phenoxy) is 2. The second kappa shape index (κ2) is 7.79. The minimum atomic E-state index is -0.619. The summed E-state index contributed by atoms with van der Waals surface area (Å²) in [5.41, 5.74) is 1.12. The van der Waals surface area contributed by atoms with E-state index in [1.807, 2.05) is 24.3 Å². The van der Waals surface area contributed by atoms with Crippen LogP contribution in [0.3, 0.4) is 0 Å². The molecule has 0 spiro atoms. The van der Waals surface area contributed by atoms with Crippen LogP contribution < -0.4 is 14.8 Å². The molecule has 2 aromatic carbocycles. The van der Waals surface area contributed by atoms with Gasteiger partial charge in [-0.05, 0) is 30.3 Å². The van der Waals surface area contributed by atoms with Crippen LogP contribution in [0.4, 0.5) is 20.9 Å². The number of halogens is 1. The van der Waals surface area contributed by atoms with E-state index in [9.17, 15) is 14.5 Å². The van der Waals surface area contributed by atoms with Crippen LogP contribution in [0.15, 0.2) is 47.8 Å². The van der Waals surface area contributed by atoms with Crippen molar-refractivity contribution in [1.82, 2.24) is 4.98 Å². The fourth-order valence-electron chi connectivity index (χ4n) is 2.13. The van der Waals surface area contributed by atoms with E-state index in [1.165, 1.54) is 11.3 Å². The molecule has 3 aromatic rings. The molecule has 0 aliphatic carbocycles. The molecule has 0 aliphatic heterocycles. The number of methoxy groups -OCH3 is 1. The van der Waals surface area contributed by atoms with Crippen molar-refractivity contribution >= 4 is 27.8 Å². The normalized spacial score (nSPS) is 10.4. The van der Waals surface area contributed by atoms with Gasteiger partial charge in [-0.25, -0.2) is 9.37 Å². The summed E-state index contributed by atoms with van der Waals surface area (Å²) in [6.07, 6.45) is 0. The number of nitrogens with zero attached hydrogens (tertiary/aromatic N) is 2. The molecule has 0 saturated heterocycles. The van der Waals surface area contributed by atoms with Gasteiger partial charge >= 0.3 is 5.69 Å². The van der Waals surface area contributed by atoms with Gasteiger partial charge in [0.1, 0.15) is 18.2 Å². The molecule has 0 unspecified atom stereocenters. The quantitative estimate of drug-likeness (QED) is 0.483. The summed E-state index contributed by atoms with van der Waals surface area (Å²) < 4.78 is 23.8. The summed E-state index contributed by atoms with van der Waals surface area (Å²) in [5, 5.41) is 16.5. The fourth-order valence-corrected chi connectivity index (χ4v) is 2.85. The molecule has 0 bridgehead atoms. The Labute approximate surface area is 152 Å². The summed E-state index contributed by atoms with van der Waals surface area (Å²) >= 11 is 1.36. The van der Waals surface area contributed by atoms with E-state index >= 15 is 0 Å². The molecule has 3 rings (SSSR count). The molecule has 1 N–H and O–H groups in total. The predicted octanol–water partition coefficient (Wildman–Crippen LogP) is 4.52. The molecule has 0 radical (unpaired) electrons. The number of aromatic nitrogens is 1. The van der Waals surface area contributed by atoms with E-state index in [-0.39, 0.29) is 18.0 Å². The second-order valence-corrected chi connectivity index (χ2v) is 6.01. The molecule has 0 amide bonds. The van der Waals surface area contributed by atoms with E-state index in [1.54, 1.807) is 12.5 Å². The topological polar surface area (TPSA) is 86.5 Å². The Morgan fingerprint density at radius 1 is 1.27 bits per heavy atom. The van der Waals surface area contributed by atoms with Crippen LogP contribution in [0.1, 0.15) is 5.69 Å². The molecule has 7 nitrogen and oxygen atoms in total. The molecule has 0 aliphatic rings. The van der Waals surface area contributed by atoms with Crippen molar-refractivity contribution in [1.29, 1.82) is 0 Å². The zero-order chi connectivity index (χ0) is 18.5. The van der Waals surface area contributed by atoms with Gasteiger partial charge in [0, 0.05) is 23.2 Å². The lowest BCUT2D eigenvalue weighted by Gasteiger charge is -2.05.